The van der Waals surface area contributed by atoms with Crippen LogP contribution in [-0.2, 0) is 6.54 Å². The van der Waals surface area contributed by atoms with Gasteiger partial charge in [0.1, 0.15) is 0 Å². The van der Waals surface area contributed by atoms with Crippen molar-refractivity contribution in [3.63, 3.8) is 0 Å². The van der Waals surface area contributed by atoms with Gasteiger partial charge in [0.05, 0.1) is 12.8 Å². The Morgan fingerprint density at radius 1 is 1.50 bits per heavy atom. The molecule has 0 bridgehead atoms. The van der Waals surface area contributed by atoms with Crippen LogP contribution in [0.15, 0.2) is 12.3 Å². The summed E-state index contributed by atoms with van der Waals surface area (Å²) in [5.41, 5.74) is 1.54. The van der Waals surface area contributed by atoms with Gasteiger partial charge in [0.15, 0.2) is 0 Å². The number of likely N-dealkylation sites (tertiary alicyclic amines) is 1. The Morgan fingerprint density at radius 3 is 2.88 bits per heavy atom. The minimum absolute atomic E-state index is 0.455. The zero-order valence-electron chi connectivity index (χ0n) is 10.2. The lowest BCUT2D eigenvalue weighted by molar-refractivity contribution is 0.00519. The second-order valence-electron chi connectivity index (χ2n) is 4.84. The molecule has 1 saturated heterocycles. The van der Waals surface area contributed by atoms with Crippen molar-refractivity contribution < 1.29 is 4.74 Å². The number of nitrogens with zero attached hydrogens (tertiary/aromatic N) is 3. The Morgan fingerprint density at radius 2 is 2.25 bits per heavy atom. The third-order valence-electron chi connectivity index (χ3n) is 3.32. The summed E-state index contributed by atoms with van der Waals surface area (Å²) >= 11 is 0. The van der Waals surface area contributed by atoms with Crippen LogP contribution in [0.1, 0.15) is 26.0 Å². The van der Waals surface area contributed by atoms with Gasteiger partial charge in [-0.3, -0.25) is 4.90 Å². The van der Waals surface area contributed by atoms with Gasteiger partial charge in [-0.15, -0.1) is 0 Å². The van der Waals surface area contributed by atoms with Gasteiger partial charge < -0.3 is 4.74 Å². The number of rotatable bonds is 4. The fourth-order valence-corrected chi connectivity index (χ4v) is 2.16. The van der Waals surface area contributed by atoms with Gasteiger partial charge in [0, 0.05) is 25.8 Å². The molecule has 1 aliphatic heterocycles. The minimum atomic E-state index is 0.455. The van der Waals surface area contributed by atoms with E-state index in [0.717, 1.165) is 25.3 Å². The zero-order chi connectivity index (χ0) is 11.6. The standard InChI is InChI=1S/C12H19N3O/c1-4-12(2)8-15(9-12)7-10-5-6-13-11(14-10)16-3/h5-6H,4,7-9H2,1-3H3. The van der Waals surface area contributed by atoms with Crippen LogP contribution >= 0.6 is 0 Å². The van der Waals surface area contributed by atoms with Crippen LogP contribution in [0.2, 0.25) is 0 Å². The predicted octanol–water partition coefficient (Wildman–Crippen LogP) is 1.72. The molecule has 0 radical (unpaired) electrons. The zero-order valence-corrected chi connectivity index (χ0v) is 10.2. The summed E-state index contributed by atoms with van der Waals surface area (Å²) in [7, 11) is 1.59. The Labute approximate surface area is 96.7 Å². The normalized spacial score (nSPS) is 19.2. The van der Waals surface area contributed by atoms with Gasteiger partial charge >= 0.3 is 6.01 Å². The predicted molar refractivity (Wildman–Crippen MR) is 62.3 cm³/mol. The van der Waals surface area contributed by atoms with Gasteiger partial charge in [-0.1, -0.05) is 13.8 Å². The van der Waals surface area contributed by atoms with Crippen LogP contribution in [-0.4, -0.2) is 35.1 Å². The van der Waals surface area contributed by atoms with Crippen LogP contribution in [0.25, 0.3) is 0 Å². The Hall–Kier alpha value is -1.16. The van der Waals surface area contributed by atoms with Crippen molar-refractivity contribution in [3.05, 3.63) is 18.0 Å². The van der Waals surface area contributed by atoms with Crippen molar-refractivity contribution in [1.82, 2.24) is 14.9 Å². The smallest absolute Gasteiger partial charge is 0.316 e. The monoisotopic (exact) mass is 221 g/mol. The number of hydrogen-bond donors (Lipinski definition) is 0. The molecular formula is C12H19N3O. The van der Waals surface area contributed by atoms with Gasteiger partial charge in [-0.05, 0) is 17.9 Å². The summed E-state index contributed by atoms with van der Waals surface area (Å²) in [6.07, 6.45) is 3.00. The largest absolute Gasteiger partial charge is 0.467 e. The fourth-order valence-electron chi connectivity index (χ4n) is 2.16. The van der Waals surface area contributed by atoms with E-state index in [1.54, 1.807) is 13.3 Å². The van der Waals surface area contributed by atoms with Gasteiger partial charge in [0.2, 0.25) is 0 Å². The lowest BCUT2D eigenvalue weighted by Gasteiger charge is -2.47. The van der Waals surface area contributed by atoms with Gasteiger partial charge in [0.25, 0.3) is 0 Å². The second-order valence-corrected chi connectivity index (χ2v) is 4.84. The maximum absolute atomic E-state index is 5.01. The highest BCUT2D eigenvalue weighted by Crippen LogP contribution is 2.33. The first-order valence-electron chi connectivity index (χ1n) is 5.73. The molecule has 1 aromatic rings. The van der Waals surface area contributed by atoms with E-state index in [4.69, 9.17) is 4.74 Å². The molecule has 88 valence electrons. The van der Waals surface area contributed by atoms with Crippen molar-refractivity contribution in [2.45, 2.75) is 26.8 Å². The van der Waals surface area contributed by atoms with Crippen molar-refractivity contribution in [2.75, 3.05) is 20.2 Å². The lowest BCUT2D eigenvalue weighted by atomic mass is 9.79. The molecule has 0 atom stereocenters. The van der Waals surface area contributed by atoms with Crippen LogP contribution in [0.3, 0.4) is 0 Å². The summed E-state index contributed by atoms with van der Waals surface area (Å²) in [6, 6.07) is 2.40. The summed E-state index contributed by atoms with van der Waals surface area (Å²) in [5, 5.41) is 0. The fraction of sp³-hybridized carbons (Fsp3) is 0.667. The van der Waals surface area contributed by atoms with E-state index in [1.165, 1.54) is 6.42 Å². The molecule has 1 aromatic heterocycles. The maximum atomic E-state index is 5.01. The summed E-state index contributed by atoms with van der Waals surface area (Å²) in [4.78, 5) is 10.7. The molecule has 0 spiro atoms. The van der Waals surface area contributed by atoms with E-state index in [0.29, 0.717) is 11.4 Å². The van der Waals surface area contributed by atoms with E-state index in [-0.39, 0.29) is 0 Å². The molecule has 0 aromatic carbocycles. The highest BCUT2D eigenvalue weighted by molar-refractivity contribution is 5.06. The summed E-state index contributed by atoms with van der Waals surface area (Å²) in [5.74, 6) is 0. The number of ether oxygens (including phenoxy) is 1. The summed E-state index contributed by atoms with van der Waals surface area (Å²) in [6.45, 7) is 7.81. The first-order chi connectivity index (χ1) is 7.65. The van der Waals surface area contributed by atoms with E-state index in [2.05, 4.69) is 28.7 Å². The second kappa shape index (κ2) is 4.37. The quantitative estimate of drug-likeness (QED) is 0.776. The molecule has 16 heavy (non-hydrogen) atoms. The number of methoxy groups -OCH3 is 1. The van der Waals surface area contributed by atoms with Crippen LogP contribution in [0, 0.1) is 5.41 Å². The average molecular weight is 221 g/mol. The van der Waals surface area contributed by atoms with E-state index >= 15 is 0 Å². The van der Waals surface area contributed by atoms with Crippen molar-refractivity contribution in [3.8, 4) is 6.01 Å². The molecule has 0 N–H and O–H groups in total. The third-order valence-corrected chi connectivity index (χ3v) is 3.32. The Balaban J connectivity index is 1.91. The minimum Gasteiger partial charge on any atom is -0.467 e. The first-order valence-corrected chi connectivity index (χ1v) is 5.73. The molecule has 0 amide bonds. The molecule has 1 aliphatic rings. The van der Waals surface area contributed by atoms with Gasteiger partial charge in [-0.25, -0.2) is 4.98 Å². The van der Waals surface area contributed by atoms with Crippen LogP contribution < -0.4 is 4.74 Å². The number of hydrogen-bond acceptors (Lipinski definition) is 4. The number of aromatic nitrogens is 2. The molecule has 0 aliphatic carbocycles. The Bertz CT molecular complexity index is 361. The maximum Gasteiger partial charge on any atom is 0.316 e. The molecule has 0 saturated carbocycles. The highest BCUT2D eigenvalue weighted by atomic mass is 16.5. The van der Waals surface area contributed by atoms with E-state index in [1.807, 2.05) is 6.07 Å². The van der Waals surface area contributed by atoms with E-state index in [9.17, 15) is 0 Å². The SMILES string of the molecule is CCC1(C)CN(Cc2ccnc(OC)n2)C1. The highest BCUT2D eigenvalue weighted by Gasteiger charge is 2.36. The van der Waals surface area contributed by atoms with Crippen LogP contribution in [0.5, 0.6) is 6.01 Å². The molecular weight excluding hydrogens is 202 g/mol. The molecule has 1 fully saturated rings. The van der Waals surface area contributed by atoms with Crippen LogP contribution in [0.4, 0.5) is 0 Å². The molecule has 2 rings (SSSR count). The first kappa shape index (κ1) is 11.3. The van der Waals surface area contributed by atoms with Crippen molar-refractivity contribution in [1.29, 1.82) is 0 Å². The molecule has 4 heteroatoms. The lowest BCUT2D eigenvalue weighted by Crippen LogP contribution is -2.53. The molecule has 4 nitrogen and oxygen atoms in total. The Kier molecular flexibility index (Phi) is 3.10. The molecule has 2 heterocycles. The average Bonchev–Trinajstić information content (AvgIpc) is 2.27. The molecule has 0 unspecified atom stereocenters. The third kappa shape index (κ3) is 2.32. The summed E-state index contributed by atoms with van der Waals surface area (Å²) < 4.78 is 5.01. The van der Waals surface area contributed by atoms with Gasteiger partial charge in [-0.2, -0.15) is 4.98 Å². The topological polar surface area (TPSA) is 38.2 Å². The van der Waals surface area contributed by atoms with E-state index < -0.39 is 0 Å². The van der Waals surface area contributed by atoms with Crippen molar-refractivity contribution >= 4 is 0 Å². The van der Waals surface area contributed by atoms with Crippen molar-refractivity contribution in [2.24, 2.45) is 5.41 Å².